The molecule has 0 radical (unpaired) electrons. The van der Waals surface area contributed by atoms with Crippen molar-refractivity contribution in [3.8, 4) is 0 Å². The molecule has 1 atom stereocenters. The Morgan fingerprint density at radius 2 is 1.65 bits per heavy atom. The SMILES string of the molecule is CN(C(=O)c1ccc(Cl)c(Cl)c1)c1ccccc1C(CC(=O)O)NCc1ccccc1. The van der Waals surface area contributed by atoms with E-state index in [2.05, 4.69) is 5.32 Å². The Kier molecular flexibility index (Phi) is 7.69. The van der Waals surface area contributed by atoms with Crippen LogP contribution in [-0.2, 0) is 11.3 Å². The van der Waals surface area contributed by atoms with E-state index in [0.29, 0.717) is 27.8 Å². The van der Waals surface area contributed by atoms with E-state index in [0.717, 1.165) is 11.1 Å². The Morgan fingerprint density at radius 3 is 2.32 bits per heavy atom. The maximum atomic E-state index is 13.1. The minimum Gasteiger partial charge on any atom is -0.481 e. The highest BCUT2D eigenvalue weighted by Gasteiger charge is 2.23. The number of rotatable bonds is 8. The van der Waals surface area contributed by atoms with Gasteiger partial charge in [0.05, 0.1) is 16.5 Å². The van der Waals surface area contributed by atoms with Crippen molar-refractivity contribution in [3.63, 3.8) is 0 Å². The molecular weight excluding hydrogens is 435 g/mol. The molecule has 3 aromatic rings. The van der Waals surface area contributed by atoms with E-state index in [4.69, 9.17) is 23.2 Å². The van der Waals surface area contributed by atoms with E-state index >= 15 is 0 Å². The van der Waals surface area contributed by atoms with E-state index in [9.17, 15) is 14.7 Å². The highest BCUT2D eigenvalue weighted by molar-refractivity contribution is 6.42. The number of para-hydroxylation sites is 1. The predicted octanol–water partition coefficient (Wildman–Crippen LogP) is 5.58. The normalized spacial score (nSPS) is 11.7. The molecule has 1 amide bonds. The molecule has 0 aliphatic carbocycles. The molecule has 0 spiro atoms. The zero-order valence-electron chi connectivity index (χ0n) is 16.9. The third-order valence-electron chi connectivity index (χ3n) is 4.92. The van der Waals surface area contributed by atoms with Crippen LogP contribution in [0.25, 0.3) is 0 Å². The second-order valence-electron chi connectivity index (χ2n) is 7.07. The molecule has 0 bridgehead atoms. The first-order valence-corrected chi connectivity index (χ1v) is 10.4. The van der Waals surface area contributed by atoms with Crippen LogP contribution in [0.1, 0.15) is 33.9 Å². The van der Waals surface area contributed by atoms with Gasteiger partial charge in [-0.3, -0.25) is 9.59 Å². The summed E-state index contributed by atoms with van der Waals surface area (Å²) in [6, 6.07) is 21.2. The van der Waals surface area contributed by atoms with Crippen molar-refractivity contribution >= 4 is 40.8 Å². The van der Waals surface area contributed by atoms with Crippen molar-refractivity contribution in [2.24, 2.45) is 0 Å². The molecular formula is C24H22Cl2N2O3. The third-order valence-corrected chi connectivity index (χ3v) is 5.66. The number of nitrogens with zero attached hydrogens (tertiary/aromatic N) is 1. The number of carboxylic acid groups (broad SMARTS) is 1. The van der Waals surface area contributed by atoms with E-state index < -0.39 is 12.0 Å². The van der Waals surface area contributed by atoms with Crippen molar-refractivity contribution in [3.05, 3.63) is 99.5 Å². The van der Waals surface area contributed by atoms with Gasteiger partial charge in [-0.2, -0.15) is 0 Å². The van der Waals surface area contributed by atoms with Gasteiger partial charge in [-0.05, 0) is 35.4 Å². The van der Waals surface area contributed by atoms with Gasteiger partial charge in [0.2, 0.25) is 0 Å². The summed E-state index contributed by atoms with van der Waals surface area (Å²) in [6.07, 6.45) is -0.126. The van der Waals surface area contributed by atoms with Crippen molar-refractivity contribution in [2.75, 3.05) is 11.9 Å². The first-order valence-electron chi connectivity index (χ1n) is 9.68. The summed E-state index contributed by atoms with van der Waals surface area (Å²) in [7, 11) is 1.65. The van der Waals surface area contributed by atoms with Crippen LogP contribution in [-0.4, -0.2) is 24.0 Å². The Morgan fingerprint density at radius 1 is 0.968 bits per heavy atom. The van der Waals surface area contributed by atoms with Gasteiger partial charge in [0, 0.05) is 30.9 Å². The fourth-order valence-electron chi connectivity index (χ4n) is 3.32. The van der Waals surface area contributed by atoms with E-state index in [-0.39, 0.29) is 12.3 Å². The summed E-state index contributed by atoms with van der Waals surface area (Å²) >= 11 is 12.0. The Hall–Kier alpha value is -2.86. The van der Waals surface area contributed by atoms with Crippen LogP contribution in [0.2, 0.25) is 10.0 Å². The Labute approximate surface area is 191 Å². The lowest BCUT2D eigenvalue weighted by Gasteiger charge is -2.26. The molecule has 3 aromatic carbocycles. The van der Waals surface area contributed by atoms with Gasteiger partial charge in [-0.15, -0.1) is 0 Å². The fraction of sp³-hybridized carbons (Fsp3) is 0.167. The van der Waals surface area contributed by atoms with Gasteiger partial charge >= 0.3 is 5.97 Å². The zero-order valence-corrected chi connectivity index (χ0v) is 18.4. The van der Waals surface area contributed by atoms with Gasteiger partial charge in [-0.25, -0.2) is 0 Å². The summed E-state index contributed by atoms with van der Waals surface area (Å²) < 4.78 is 0. The van der Waals surface area contributed by atoms with Crippen LogP contribution >= 0.6 is 23.2 Å². The second-order valence-corrected chi connectivity index (χ2v) is 7.88. The molecule has 0 aliphatic rings. The quantitative estimate of drug-likeness (QED) is 0.464. The molecule has 160 valence electrons. The molecule has 0 heterocycles. The molecule has 7 heteroatoms. The van der Waals surface area contributed by atoms with Crippen molar-refractivity contribution in [2.45, 2.75) is 19.0 Å². The standard InChI is InChI=1S/C24H22Cl2N2O3/c1-28(24(31)17-11-12-19(25)20(26)13-17)22-10-6-5-9-18(22)21(14-23(29)30)27-15-16-7-3-2-4-8-16/h2-13,21,27H,14-15H2,1H3,(H,29,30). The molecule has 2 N–H and O–H groups in total. The van der Waals surface area contributed by atoms with Crippen LogP contribution in [0, 0.1) is 0 Å². The largest absolute Gasteiger partial charge is 0.481 e. The molecule has 0 saturated carbocycles. The summed E-state index contributed by atoms with van der Waals surface area (Å²) in [5, 5.41) is 13.4. The number of carboxylic acids is 1. The highest BCUT2D eigenvalue weighted by atomic mass is 35.5. The van der Waals surface area contributed by atoms with Crippen LogP contribution in [0.15, 0.2) is 72.8 Å². The summed E-state index contributed by atoms with van der Waals surface area (Å²) in [5.74, 6) is -1.21. The molecule has 1 unspecified atom stereocenters. The number of amides is 1. The number of hydrogen-bond donors (Lipinski definition) is 2. The maximum Gasteiger partial charge on any atom is 0.305 e. The van der Waals surface area contributed by atoms with E-state index in [1.54, 1.807) is 25.2 Å². The minimum atomic E-state index is -0.932. The second kappa shape index (κ2) is 10.4. The van der Waals surface area contributed by atoms with Crippen LogP contribution < -0.4 is 10.2 Å². The molecule has 0 fully saturated rings. The smallest absolute Gasteiger partial charge is 0.305 e. The van der Waals surface area contributed by atoms with Gasteiger partial charge < -0.3 is 15.3 Å². The third kappa shape index (κ3) is 5.85. The molecule has 5 nitrogen and oxygen atoms in total. The van der Waals surface area contributed by atoms with Gasteiger partial charge in [0.1, 0.15) is 0 Å². The monoisotopic (exact) mass is 456 g/mol. The number of halogens is 2. The molecule has 3 rings (SSSR count). The van der Waals surface area contributed by atoms with Crippen LogP contribution in [0.4, 0.5) is 5.69 Å². The lowest BCUT2D eigenvalue weighted by molar-refractivity contribution is -0.137. The van der Waals surface area contributed by atoms with E-state index in [1.807, 2.05) is 48.5 Å². The number of hydrogen-bond acceptors (Lipinski definition) is 3. The zero-order chi connectivity index (χ0) is 22.4. The average Bonchev–Trinajstić information content (AvgIpc) is 2.78. The number of aliphatic carboxylic acids is 1. The average molecular weight is 457 g/mol. The fourth-order valence-corrected chi connectivity index (χ4v) is 3.62. The van der Waals surface area contributed by atoms with Crippen molar-refractivity contribution in [1.82, 2.24) is 5.32 Å². The predicted molar refractivity (Wildman–Crippen MR) is 124 cm³/mol. The first kappa shape index (κ1) is 22.8. The Bertz CT molecular complexity index is 1070. The molecule has 31 heavy (non-hydrogen) atoms. The van der Waals surface area contributed by atoms with Gasteiger partial charge in [0.25, 0.3) is 5.91 Å². The van der Waals surface area contributed by atoms with Crippen LogP contribution in [0.5, 0.6) is 0 Å². The minimum absolute atomic E-state index is 0.126. The van der Waals surface area contributed by atoms with Crippen molar-refractivity contribution in [1.29, 1.82) is 0 Å². The summed E-state index contributed by atoms with van der Waals surface area (Å²) in [6.45, 7) is 0.498. The first-order chi connectivity index (χ1) is 14.9. The number of carbonyl (C=O) groups excluding carboxylic acids is 1. The molecule has 0 aliphatic heterocycles. The van der Waals surface area contributed by atoms with Crippen LogP contribution in [0.3, 0.4) is 0 Å². The summed E-state index contributed by atoms with van der Waals surface area (Å²) in [5.41, 5.74) is 2.76. The molecule has 0 aromatic heterocycles. The maximum absolute atomic E-state index is 13.1. The number of nitrogens with one attached hydrogen (secondary N) is 1. The van der Waals surface area contributed by atoms with E-state index in [1.165, 1.54) is 11.0 Å². The van der Waals surface area contributed by atoms with Gasteiger partial charge in [-0.1, -0.05) is 71.7 Å². The topological polar surface area (TPSA) is 69.6 Å². The number of benzene rings is 3. The Balaban J connectivity index is 1.90. The highest BCUT2D eigenvalue weighted by Crippen LogP contribution is 2.30. The number of carbonyl (C=O) groups is 2. The lowest BCUT2D eigenvalue weighted by atomic mass is 10.00. The molecule has 0 saturated heterocycles. The van der Waals surface area contributed by atoms with Crippen molar-refractivity contribution < 1.29 is 14.7 Å². The van der Waals surface area contributed by atoms with Gasteiger partial charge in [0.15, 0.2) is 0 Å². The number of anilines is 1. The lowest BCUT2D eigenvalue weighted by Crippen LogP contribution is -2.30. The summed E-state index contributed by atoms with van der Waals surface area (Å²) in [4.78, 5) is 26.1.